The van der Waals surface area contributed by atoms with E-state index in [1.54, 1.807) is 18.2 Å². The number of hydrogen-bond acceptors (Lipinski definition) is 4. The third-order valence-electron chi connectivity index (χ3n) is 3.74. The molecule has 1 aromatic carbocycles. The summed E-state index contributed by atoms with van der Waals surface area (Å²) in [5.41, 5.74) is 5.84. The van der Waals surface area contributed by atoms with Crippen molar-refractivity contribution in [2.24, 2.45) is 10.7 Å². The lowest BCUT2D eigenvalue weighted by molar-refractivity contribution is 0.0376. The Balaban J connectivity index is 0.00000312. The third kappa shape index (κ3) is 8.68. The van der Waals surface area contributed by atoms with Gasteiger partial charge in [-0.25, -0.2) is 9.38 Å². The molecule has 1 fully saturated rings. The molecule has 0 aliphatic carbocycles. The molecule has 0 saturated carbocycles. The Morgan fingerprint density at radius 1 is 1.40 bits per heavy atom. The molecule has 142 valence electrons. The summed E-state index contributed by atoms with van der Waals surface area (Å²) < 4.78 is 24.3. The molecule has 0 aromatic heterocycles. The molecule has 2 rings (SSSR count). The highest BCUT2D eigenvalue weighted by Crippen LogP contribution is 2.16. The summed E-state index contributed by atoms with van der Waals surface area (Å²) in [6, 6.07) is 6.33. The molecule has 3 N–H and O–H groups in total. The number of nitrogens with two attached hydrogens (primary N) is 1. The number of nitrogens with one attached hydrogen (secondary N) is 1. The van der Waals surface area contributed by atoms with Gasteiger partial charge in [-0.3, -0.25) is 4.90 Å². The monoisotopic (exact) mass is 466 g/mol. The number of halogens is 2. The van der Waals surface area contributed by atoms with Gasteiger partial charge in [0.15, 0.2) is 17.5 Å². The Kier molecular flexibility index (Phi) is 10.7. The topological polar surface area (TPSA) is 72.1 Å². The summed E-state index contributed by atoms with van der Waals surface area (Å²) in [6.45, 7) is 7.63. The lowest BCUT2D eigenvalue weighted by Crippen LogP contribution is -2.39. The first-order chi connectivity index (χ1) is 11.6. The summed E-state index contributed by atoms with van der Waals surface area (Å²) >= 11 is 0. The Hall–Kier alpha value is -1.13. The van der Waals surface area contributed by atoms with E-state index in [9.17, 15) is 4.39 Å². The van der Waals surface area contributed by atoms with E-state index >= 15 is 0 Å². The van der Waals surface area contributed by atoms with Gasteiger partial charge >= 0.3 is 0 Å². The molecule has 1 aromatic rings. The molecule has 0 bridgehead atoms. The fraction of sp³-hybridized carbons (Fsp3) is 0.588. The van der Waals surface area contributed by atoms with E-state index in [0.29, 0.717) is 12.5 Å². The van der Waals surface area contributed by atoms with E-state index in [1.165, 1.54) is 6.07 Å². The van der Waals surface area contributed by atoms with E-state index in [4.69, 9.17) is 15.2 Å². The first-order valence-corrected chi connectivity index (χ1v) is 8.40. The molecule has 25 heavy (non-hydrogen) atoms. The van der Waals surface area contributed by atoms with Crippen molar-refractivity contribution < 1.29 is 13.9 Å². The van der Waals surface area contributed by atoms with Gasteiger partial charge in [-0.1, -0.05) is 12.1 Å². The van der Waals surface area contributed by atoms with Crippen LogP contribution in [0.4, 0.5) is 4.39 Å². The van der Waals surface area contributed by atoms with Crippen LogP contribution >= 0.6 is 24.0 Å². The summed E-state index contributed by atoms with van der Waals surface area (Å²) in [5.74, 6) is 0.251. The highest BCUT2D eigenvalue weighted by Gasteiger charge is 2.09. The van der Waals surface area contributed by atoms with Gasteiger partial charge in [0.25, 0.3) is 0 Å². The van der Waals surface area contributed by atoms with Crippen molar-refractivity contribution >= 4 is 29.9 Å². The van der Waals surface area contributed by atoms with Crippen LogP contribution in [-0.4, -0.2) is 62.9 Å². The maximum absolute atomic E-state index is 13.5. The molecule has 8 heteroatoms. The molecule has 0 radical (unpaired) electrons. The van der Waals surface area contributed by atoms with E-state index in [1.807, 2.05) is 6.92 Å². The average Bonchev–Trinajstić information content (AvgIpc) is 2.60. The van der Waals surface area contributed by atoms with Crippen molar-refractivity contribution in [3.8, 4) is 5.75 Å². The molecule has 0 spiro atoms. The van der Waals surface area contributed by atoms with Crippen LogP contribution in [0.5, 0.6) is 5.75 Å². The zero-order valence-electron chi connectivity index (χ0n) is 14.6. The van der Waals surface area contributed by atoms with Gasteiger partial charge in [-0.15, -0.1) is 24.0 Å². The standard InChI is InChI=1S/C17H27FN4O2.HI/c1-14(24-16-6-3-2-5-15(16)18)13-21-17(19)20-7-4-8-22-9-11-23-12-10-22;/h2-3,5-6,14H,4,7-13H2,1H3,(H3,19,20,21);1H. The smallest absolute Gasteiger partial charge is 0.188 e. The van der Waals surface area contributed by atoms with Gasteiger partial charge in [0, 0.05) is 19.6 Å². The van der Waals surface area contributed by atoms with Gasteiger partial charge in [-0.2, -0.15) is 0 Å². The number of benzene rings is 1. The third-order valence-corrected chi connectivity index (χ3v) is 3.74. The van der Waals surface area contributed by atoms with Crippen molar-refractivity contribution in [3.05, 3.63) is 30.1 Å². The number of para-hydroxylation sites is 1. The predicted molar refractivity (Wildman–Crippen MR) is 108 cm³/mol. The van der Waals surface area contributed by atoms with Crippen molar-refractivity contribution in [2.45, 2.75) is 19.4 Å². The fourth-order valence-electron chi connectivity index (χ4n) is 2.42. The van der Waals surface area contributed by atoms with E-state index in [-0.39, 0.29) is 41.6 Å². The molecule has 6 nitrogen and oxygen atoms in total. The largest absolute Gasteiger partial charge is 0.486 e. The molecule has 0 amide bonds. The first kappa shape index (κ1) is 21.9. The molecule has 1 aliphatic rings. The Labute approximate surface area is 166 Å². The van der Waals surface area contributed by atoms with Crippen molar-refractivity contribution in [2.75, 3.05) is 45.9 Å². The van der Waals surface area contributed by atoms with E-state index < -0.39 is 0 Å². The van der Waals surface area contributed by atoms with Crippen molar-refractivity contribution in [1.82, 2.24) is 10.2 Å². The van der Waals surface area contributed by atoms with Crippen LogP contribution in [-0.2, 0) is 4.74 Å². The maximum atomic E-state index is 13.5. The normalized spacial score (nSPS) is 16.8. The minimum absolute atomic E-state index is 0. The Morgan fingerprint density at radius 2 is 2.12 bits per heavy atom. The number of hydrogen-bond donors (Lipinski definition) is 2. The average molecular weight is 466 g/mol. The fourth-order valence-corrected chi connectivity index (χ4v) is 2.42. The molecule has 1 aliphatic heterocycles. The second kappa shape index (κ2) is 12.3. The highest BCUT2D eigenvalue weighted by atomic mass is 127. The van der Waals surface area contributed by atoms with Gasteiger partial charge < -0.3 is 20.5 Å². The molecule has 1 unspecified atom stereocenters. The van der Waals surface area contributed by atoms with Gasteiger partial charge in [-0.05, 0) is 32.0 Å². The predicted octanol–water partition coefficient (Wildman–Crippen LogP) is 1.84. The number of nitrogens with zero attached hydrogens (tertiary/aromatic N) is 2. The van der Waals surface area contributed by atoms with E-state index in [2.05, 4.69) is 15.2 Å². The first-order valence-electron chi connectivity index (χ1n) is 8.40. The van der Waals surface area contributed by atoms with Crippen LogP contribution in [0.15, 0.2) is 29.3 Å². The number of morpholine rings is 1. The van der Waals surface area contributed by atoms with Crippen LogP contribution in [0.2, 0.25) is 0 Å². The van der Waals surface area contributed by atoms with E-state index in [0.717, 1.165) is 45.8 Å². The van der Waals surface area contributed by atoms with Crippen LogP contribution in [0, 0.1) is 5.82 Å². The lowest BCUT2D eigenvalue weighted by atomic mass is 10.3. The summed E-state index contributed by atoms with van der Waals surface area (Å²) in [4.78, 5) is 6.61. The summed E-state index contributed by atoms with van der Waals surface area (Å²) in [5, 5.41) is 3.09. The van der Waals surface area contributed by atoms with Crippen molar-refractivity contribution in [1.29, 1.82) is 0 Å². The zero-order valence-corrected chi connectivity index (χ0v) is 16.9. The zero-order chi connectivity index (χ0) is 17.2. The van der Waals surface area contributed by atoms with Crippen LogP contribution < -0.4 is 15.8 Å². The SMILES string of the molecule is CC(CN=C(N)NCCCN1CCOCC1)Oc1ccccc1F.I. The van der Waals surface area contributed by atoms with Gasteiger partial charge in [0.05, 0.1) is 19.8 Å². The Morgan fingerprint density at radius 3 is 2.84 bits per heavy atom. The quantitative estimate of drug-likeness (QED) is 0.265. The van der Waals surface area contributed by atoms with Crippen molar-refractivity contribution in [3.63, 3.8) is 0 Å². The minimum Gasteiger partial charge on any atom is -0.486 e. The second-order valence-corrected chi connectivity index (χ2v) is 5.82. The highest BCUT2D eigenvalue weighted by molar-refractivity contribution is 14.0. The number of aliphatic imine (C=N–C) groups is 1. The number of guanidine groups is 1. The van der Waals surface area contributed by atoms with Crippen LogP contribution in [0.25, 0.3) is 0 Å². The van der Waals surface area contributed by atoms with Crippen LogP contribution in [0.3, 0.4) is 0 Å². The molecular formula is C17H28FIN4O2. The van der Waals surface area contributed by atoms with Gasteiger partial charge in [0.2, 0.25) is 0 Å². The second-order valence-electron chi connectivity index (χ2n) is 5.82. The molecule has 1 saturated heterocycles. The Bertz CT molecular complexity index is 527. The number of ether oxygens (including phenoxy) is 2. The molecule has 1 heterocycles. The summed E-state index contributed by atoms with van der Waals surface area (Å²) in [6.07, 6.45) is 0.743. The molecule has 1 atom stereocenters. The number of rotatable bonds is 8. The minimum atomic E-state index is -0.373. The lowest BCUT2D eigenvalue weighted by Gasteiger charge is -2.26. The maximum Gasteiger partial charge on any atom is 0.188 e. The molecular weight excluding hydrogens is 438 g/mol. The van der Waals surface area contributed by atoms with Gasteiger partial charge in [0.1, 0.15) is 6.10 Å². The van der Waals surface area contributed by atoms with Crippen LogP contribution in [0.1, 0.15) is 13.3 Å². The summed E-state index contributed by atoms with van der Waals surface area (Å²) in [7, 11) is 0.